The Bertz CT molecular complexity index is 792. The molecule has 1 heterocycles. The highest BCUT2D eigenvalue weighted by Crippen LogP contribution is 2.49. The lowest BCUT2D eigenvalue weighted by Crippen LogP contribution is -2.43. The van der Waals surface area contributed by atoms with Crippen LogP contribution in [0.5, 0.6) is 0 Å². The summed E-state index contributed by atoms with van der Waals surface area (Å²) in [6.45, 7) is 0.806. The Kier molecular flexibility index (Phi) is 4.16. The summed E-state index contributed by atoms with van der Waals surface area (Å²) in [7, 11) is 1.95. The molecule has 0 atom stereocenters. The van der Waals surface area contributed by atoms with Crippen molar-refractivity contribution in [1.82, 2.24) is 9.88 Å². The number of halogens is 2. The largest absolute Gasteiger partial charge is 0.351 e. The zero-order chi connectivity index (χ0) is 16.9. The first-order valence-electron chi connectivity index (χ1n) is 8.70. The van der Waals surface area contributed by atoms with Crippen LogP contribution in [0.3, 0.4) is 0 Å². The number of carbonyl (C=O) groups excluding carboxylic acids is 1. The van der Waals surface area contributed by atoms with Crippen LogP contribution in [0.2, 0.25) is 5.02 Å². The topological polar surface area (TPSA) is 34.0 Å². The van der Waals surface area contributed by atoms with Gasteiger partial charge in [-0.05, 0) is 62.0 Å². The van der Waals surface area contributed by atoms with Crippen molar-refractivity contribution in [3.8, 4) is 0 Å². The van der Waals surface area contributed by atoms with Crippen molar-refractivity contribution in [2.75, 3.05) is 6.54 Å². The van der Waals surface area contributed by atoms with Crippen LogP contribution in [0.25, 0.3) is 10.9 Å². The standard InChI is InChI=1S/C19H22BrClN2O/c1-23-10-14(17-15(20)8-13(21)9-16(17)23)18(24)22-11-19-5-2-12(3-6-19)4-7-19/h8-10,12H,2-7,11H2,1H3,(H,22,24). The zero-order valence-electron chi connectivity index (χ0n) is 13.9. The number of nitrogens with one attached hydrogen (secondary N) is 1. The molecule has 0 aliphatic heterocycles. The number of hydrogen-bond donors (Lipinski definition) is 1. The number of benzene rings is 1. The number of nitrogens with zero attached hydrogens (tertiary/aromatic N) is 1. The highest BCUT2D eigenvalue weighted by Gasteiger charge is 2.40. The van der Waals surface area contributed by atoms with E-state index in [9.17, 15) is 4.79 Å². The van der Waals surface area contributed by atoms with Crippen LogP contribution in [0.4, 0.5) is 0 Å². The van der Waals surface area contributed by atoms with Gasteiger partial charge >= 0.3 is 0 Å². The van der Waals surface area contributed by atoms with Gasteiger partial charge in [0, 0.05) is 34.7 Å². The van der Waals surface area contributed by atoms with Gasteiger partial charge in [-0.1, -0.05) is 27.5 Å². The van der Waals surface area contributed by atoms with Gasteiger partial charge in [0.25, 0.3) is 5.91 Å². The molecule has 1 aromatic carbocycles. The second kappa shape index (κ2) is 6.06. The van der Waals surface area contributed by atoms with Crippen molar-refractivity contribution in [3.05, 3.63) is 33.4 Å². The average Bonchev–Trinajstić information content (AvgIpc) is 2.92. The fourth-order valence-electron chi connectivity index (χ4n) is 4.57. The Hall–Kier alpha value is -1.00. The third-order valence-electron chi connectivity index (χ3n) is 6.12. The number of amides is 1. The summed E-state index contributed by atoms with van der Waals surface area (Å²) >= 11 is 9.71. The number of aryl methyl sites for hydroxylation is 1. The molecule has 3 aliphatic rings. The Balaban J connectivity index is 1.58. The first kappa shape index (κ1) is 16.5. The maximum Gasteiger partial charge on any atom is 0.253 e. The van der Waals surface area contributed by atoms with E-state index in [4.69, 9.17) is 11.6 Å². The lowest BCUT2D eigenvalue weighted by atomic mass is 9.61. The summed E-state index contributed by atoms with van der Waals surface area (Å²) in [5, 5.41) is 4.83. The van der Waals surface area contributed by atoms with E-state index in [1.54, 1.807) is 0 Å². The lowest BCUT2D eigenvalue weighted by Gasteiger charge is -2.46. The SMILES string of the molecule is Cn1cc(C(=O)NCC23CCC(CC2)CC3)c2c(Br)cc(Cl)cc21. The smallest absolute Gasteiger partial charge is 0.253 e. The molecule has 3 nitrogen and oxygen atoms in total. The molecule has 5 rings (SSSR count). The number of fused-ring (bicyclic) bond motifs is 4. The Morgan fingerprint density at radius 2 is 2.00 bits per heavy atom. The third-order valence-corrected chi connectivity index (χ3v) is 6.97. The highest BCUT2D eigenvalue weighted by molar-refractivity contribution is 9.10. The summed E-state index contributed by atoms with van der Waals surface area (Å²) in [6, 6.07) is 3.75. The Morgan fingerprint density at radius 3 is 2.67 bits per heavy atom. The molecule has 1 N–H and O–H groups in total. The first-order valence-corrected chi connectivity index (χ1v) is 9.87. The zero-order valence-corrected chi connectivity index (χ0v) is 16.2. The normalized spacial score (nSPS) is 26.0. The molecule has 3 fully saturated rings. The molecular formula is C19H22BrClN2O. The maximum atomic E-state index is 12.8. The van der Waals surface area contributed by atoms with Crippen molar-refractivity contribution in [1.29, 1.82) is 0 Å². The molecule has 5 heteroatoms. The van der Waals surface area contributed by atoms with Gasteiger partial charge in [0.1, 0.15) is 0 Å². The molecule has 3 saturated carbocycles. The summed E-state index contributed by atoms with van der Waals surface area (Å²) in [5.41, 5.74) is 2.03. The van der Waals surface area contributed by atoms with Crippen LogP contribution in [0.1, 0.15) is 48.9 Å². The highest BCUT2D eigenvalue weighted by atomic mass is 79.9. The summed E-state index contributed by atoms with van der Waals surface area (Å²) in [6.07, 6.45) is 9.74. The first-order chi connectivity index (χ1) is 11.5. The van der Waals surface area contributed by atoms with Crippen molar-refractivity contribution < 1.29 is 4.79 Å². The van der Waals surface area contributed by atoms with Crippen LogP contribution >= 0.6 is 27.5 Å². The molecule has 1 amide bonds. The fraction of sp³-hybridized carbons (Fsp3) is 0.526. The molecule has 2 bridgehead atoms. The van der Waals surface area contributed by atoms with Gasteiger partial charge in [-0.15, -0.1) is 0 Å². The molecule has 0 radical (unpaired) electrons. The van der Waals surface area contributed by atoms with E-state index in [1.807, 2.05) is 29.9 Å². The van der Waals surface area contributed by atoms with Gasteiger partial charge in [0.2, 0.25) is 0 Å². The molecule has 1 aromatic heterocycles. The van der Waals surface area contributed by atoms with E-state index in [0.717, 1.165) is 33.4 Å². The molecule has 24 heavy (non-hydrogen) atoms. The number of aromatic nitrogens is 1. The van der Waals surface area contributed by atoms with Crippen LogP contribution in [0, 0.1) is 11.3 Å². The minimum Gasteiger partial charge on any atom is -0.351 e. The van der Waals surface area contributed by atoms with Crippen LogP contribution in [-0.4, -0.2) is 17.0 Å². The summed E-state index contributed by atoms with van der Waals surface area (Å²) < 4.78 is 2.83. The summed E-state index contributed by atoms with van der Waals surface area (Å²) in [5.74, 6) is 0.965. The van der Waals surface area contributed by atoms with Gasteiger partial charge in [-0.2, -0.15) is 0 Å². The number of rotatable bonds is 3. The Labute approximate surface area is 155 Å². The predicted octanol–water partition coefficient (Wildman–Crippen LogP) is 5.29. The van der Waals surface area contributed by atoms with Gasteiger partial charge < -0.3 is 9.88 Å². The van der Waals surface area contributed by atoms with Gasteiger partial charge in [0.05, 0.1) is 11.1 Å². The quantitative estimate of drug-likeness (QED) is 0.734. The Morgan fingerprint density at radius 1 is 1.33 bits per heavy atom. The monoisotopic (exact) mass is 408 g/mol. The van der Waals surface area contributed by atoms with Gasteiger partial charge in [-0.3, -0.25) is 4.79 Å². The van der Waals surface area contributed by atoms with Gasteiger partial charge in [0.15, 0.2) is 0 Å². The van der Waals surface area contributed by atoms with E-state index in [0.29, 0.717) is 10.4 Å². The number of carbonyl (C=O) groups is 1. The fourth-order valence-corrected chi connectivity index (χ4v) is 5.58. The third kappa shape index (κ3) is 2.78. The van der Waals surface area contributed by atoms with E-state index in [1.165, 1.54) is 38.5 Å². The predicted molar refractivity (Wildman–Crippen MR) is 102 cm³/mol. The second-order valence-corrected chi connectivity index (χ2v) is 8.89. The minimum atomic E-state index is 0.0192. The molecular weight excluding hydrogens is 388 g/mol. The van der Waals surface area contributed by atoms with E-state index in [-0.39, 0.29) is 5.91 Å². The van der Waals surface area contributed by atoms with Crippen molar-refractivity contribution in [3.63, 3.8) is 0 Å². The van der Waals surface area contributed by atoms with E-state index >= 15 is 0 Å². The molecule has 3 aliphatic carbocycles. The van der Waals surface area contributed by atoms with E-state index in [2.05, 4.69) is 21.2 Å². The van der Waals surface area contributed by atoms with E-state index < -0.39 is 0 Å². The molecule has 128 valence electrons. The van der Waals surface area contributed by atoms with Crippen LogP contribution in [-0.2, 0) is 7.05 Å². The molecule has 0 spiro atoms. The van der Waals surface area contributed by atoms with Crippen molar-refractivity contribution in [2.24, 2.45) is 18.4 Å². The van der Waals surface area contributed by atoms with Crippen molar-refractivity contribution in [2.45, 2.75) is 38.5 Å². The minimum absolute atomic E-state index is 0.0192. The van der Waals surface area contributed by atoms with Crippen LogP contribution in [0.15, 0.2) is 22.8 Å². The maximum absolute atomic E-state index is 12.8. The molecule has 2 aromatic rings. The number of hydrogen-bond acceptors (Lipinski definition) is 1. The molecule has 0 saturated heterocycles. The van der Waals surface area contributed by atoms with Crippen molar-refractivity contribution >= 4 is 44.3 Å². The average molecular weight is 410 g/mol. The summed E-state index contributed by atoms with van der Waals surface area (Å²) in [4.78, 5) is 12.8. The molecule has 0 unspecified atom stereocenters. The lowest BCUT2D eigenvalue weighted by molar-refractivity contribution is 0.0598. The second-order valence-electron chi connectivity index (χ2n) is 7.60. The van der Waals surface area contributed by atoms with Crippen LogP contribution < -0.4 is 5.32 Å². The van der Waals surface area contributed by atoms with Gasteiger partial charge in [-0.25, -0.2) is 0 Å².